The predicted molar refractivity (Wildman–Crippen MR) is 60.5 cm³/mol. The fourth-order valence-corrected chi connectivity index (χ4v) is 2.17. The molecule has 2 aromatic heterocycles. The largest absolute Gasteiger partial charge is 0.389 e. The Morgan fingerprint density at radius 1 is 1.50 bits per heavy atom. The minimum absolute atomic E-state index is 0.167. The molecule has 0 aliphatic rings. The van der Waals surface area contributed by atoms with Gasteiger partial charge < -0.3 is 4.57 Å². The molecule has 0 bridgehead atoms. The third kappa shape index (κ3) is 2.84. The number of halogens is 3. The molecule has 0 spiro atoms. The van der Waals surface area contributed by atoms with E-state index >= 15 is 0 Å². The summed E-state index contributed by atoms with van der Waals surface area (Å²) in [4.78, 5) is 21.9. The summed E-state index contributed by atoms with van der Waals surface area (Å²) in [5.41, 5.74) is 0.0843. The Bertz CT molecular complexity index is 618. The number of hydrogen-bond acceptors (Lipinski definition) is 4. The van der Waals surface area contributed by atoms with Crippen molar-refractivity contribution in [2.24, 2.45) is 7.05 Å². The Morgan fingerprint density at radius 3 is 2.89 bits per heavy atom. The zero-order valence-corrected chi connectivity index (χ0v) is 10.1. The zero-order valence-electron chi connectivity index (χ0n) is 9.28. The highest BCUT2D eigenvalue weighted by Crippen LogP contribution is 2.24. The molecule has 0 aliphatic heterocycles. The normalized spacial score (nSPS) is 12.2. The molecule has 2 rings (SSSR count). The van der Waals surface area contributed by atoms with Gasteiger partial charge in [0.1, 0.15) is 0 Å². The Kier molecular flexibility index (Phi) is 3.33. The third-order valence-corrected chi connectivity index (χ3v) is 3.05. The van der Waals surface area contributed by atoms with E-state index in [2.05, 4.69) is 15.0 Å². The van der Waals surface area contributed by atoms with Crippen LogP contribution in [0.5, 0.6) is 0 Å². The van der Waals surface area contributed by atoms with Gasteiger partial charge in [-0.15, -0.1) is 0 Å². The first-order chi connectivity index (χ1) is 8.37. The number of rotatable bonds is 3. The number of thioether (sulfide) groups is 1. The Labute approximate surface area is 103 Å². The monoisotopic (exact) mass is 278 g/mol. The maximum absolute atomic E-state index is 12.0. The average molecular weight is 278 g/mol. The van der Waals surface area contributed by atoms with Gasteiger partial charge in [-0.05, 0) is 0 Å². The fourth-order valence-electron chi connectivity index (χ4n) is 1.33. The molecule has 98 valence electrons. The van der Waals surface area contributed by atoms with E-state index in [4.69, 9.17) is 0 Å². The molecule has 0 radical (unpaired) electrons. The molecule has 2 aromatic rings. The van der Waals surface area contributed by atoms with Crippen molar-refractivity contribution in [2.75, 3.05) is 5.75 Å². The van der Waals surface area contributed by atoms with Crippen LogP contribution in [0.2, 0.25) is 0 Å². The molecule has 18 heavy (non-hydrogen) atoms. The summed E-state index contributed by atoms with van der Waals surface area (Å²) in [6, 6.07) is 0. The first-order valence-electron chi connectivity index (χ1n) is 4.98. The van der Waals surface area contributed by atoms with Crippen LogP contribution < -0.4 is 5.56 Å². The molecule has 2 heterocycles. The second-order valence-corrected chi connectivity index (χ2v) is 4.70. The highest BCUT2D eigenvalue weighted by atomic mass is 32.2. The maximum Gasteiger partial charge on any atom is 0.389 e. The summed E-state index contributed by atoms with van der Waals surface area (Å²) in [6.07, 6.45) is -3.70. The van der Waals surface area contributed by atoms with Crippen LogP contribution in [-0.2, 0) is 7.05 Å². The summed E-state index contributed by atoms with van der Waals surface area (Å²) in [7, 11) is 1.66. The van der Waals surface area contributed by atoms with E-state index in [-0.39, 0.29) is 16.4 Å². The highest BCUT2D eigenvalue weighted by molar-refractivity contribution is 7.99. The van der Waals surface area contributed by atoms with E-state index in [1.807, 2.05) is 0 Å². The molecule has 0 aromatic carbocycles. The van der Waals surface area contributed by atoms with Crippen LogP contribution in [0.25, 0.3) is 11.2 Å². The topological polar surface area (TPSA) is 63.6 Å². The molecule has 0 fully saturated rings. The van der Waals surface area contributed by atoms with Gasteiger partial charge >= 0.3 is 6.18 Å². The lowest BCUT2D eigenvalue weighted by molar-refractivity contribution is -0.129. The highest BCUT2D eigenvalue weighted by Gasteiger charge is 2.26. The molecular formula is C9H9F3N4OS. The number of H-pyrrole nitrogens is 1. The minimum Gasteiger partial charge on any atom is -0.318 e. The predicted octanol–water partition coefficient (Wildman–Crippen LogP) is 1.70. The molecule has 0 saturated heterocycles. The number of nitrogens with one attached hydrogen (secondary N) is 1. The van der Waals surface area contributed by atoms with Crippen molar-refractivity contribution in [3.63, 3.8) is 0 Å². The number of fused-ring (bicyclic) bond motifs is 1. The molecule has 0 atom stereocenters. The Morgan fingerprint density at radius 2 is 2.22 bits per heavy atom. The van der Waals surface area contributed by atoms with Gasteiger partial charge in [-0.2, -0.15) is 13.2 Å². The fraction of sp³-hybridized carbons (Fsp3) is 0.444. The third-order valence-electron chi connectivity index (χ3n) is 2.17. The number of aryl methyl sites for hydroxylation is 1. The van der Waals surface area contributed by atoms with Crippen molar-refractivity contribution in [1.82, 2.24) is 19.5 Å². The number of nitrogens with zero attached hydrogens (tertiary/aromatic N) is 3. The summed E-state index contributed by atoms with van der Waals surface area (Å²) >= 11 is 0.861. The van der Waals surface area contributed by atoms with Gasteiger partial charge in [0.25, 0.3) is 5.56 Å². The first-order valence-corrected chi connectivity index (χ1v) is 5.96. The lowest BCUT2D eigenvalue weighted by atomic mass is 10.5. The Hall–Kier alpha value is -1.51. The van der Waals surface area contributed by atoms with Crippen molar-refractivity contribution in [3.8, 4) is 0 Å². The minimum atomic E-state index is -4.20. The van der Waals surface area contributed by atoms with Gasteiger partial charge in [-0.1, -0.05) is 11.8 Å². The quantitative estimate of drug-likeness (QED) is 0.685. The number of imidazole rings is 1. The van der Waals surface area contributed by atoms with Crippen LogP contribution in [0.15, 0.2) is 16.3 Å². The van der Waals surface area contributed by atoms with Gasteiger partial charge in [0, 0.05) is 12.8 Å². The zero-order chi connectivity index (χ0) is 13.3. The second kappa shape index (κ2) is 4.63. The number of alkyl halides is 3. The average Bonchev–Trinajstić information content (AvgIpc) is 2.59. The molecule has 5 nitrogen and oxygen atoms in total. The van der Waals surface area contributed by atoms with Crippen molar-refractivity contribution in [1.29, 1.82) is 0 Å². The molecule has 0 saturated carbocycles. The number of aromatic amines is 1. The maximum atomic E-state index is 12.0. The van der Waals surface area contributed by atoms with E-state index in [0.717, 1.165) is 11.8 Å². The summed E-state index contributed by atoms with van der Waals surface area (Å²) in [6.45, 7) is 0. The van der Waals surface area contributed by atoms with E-state index in [9.17, 15) is 18.0 Å². The molecule has 9 heteroatoms. The van der Waals surface area contributed by atoms with Crippen LogP contribution in [0, 0.1) is 0 Å². The smallest absolute Gasteiger partial charge is 0.318 e. The molecule has 0 aliphatic carbocycles. The number of hydrogen-bond donors (Lipinski definition) is 1. The molecule has 1 N–H and O–H groups in total. The van der Waals surface area contributed by atoms with Crippen LogP contribution in [0.3, 0.4) is 0 Å². The van der Waals surface area contributed by atoms with Crippen LogP contribution in [-0.4, -0.2) is 31.4 Å². The van der Waals surface area contributed by atoms with Crippen LogP contribution in [0.1, 0.15) is 6.42 Å². The summed E-state index contributed by atoms with van der Waals surface area (Å²) in [5, 5.41) is 0.167. The lowest BCUT2D eigenvalue weighted by Crippen LogP contribution is -2.11. The van der Waals surface area contributed by atoms with E-state index in [1.165, 1.54) is 6.33 Å². The SMILES string of the molecule is Cn1cnc2c(=O)[nH]c(SCCC(F)(F)F)nc21. The van der Waals surface area contributed by atoms with Crippen molar-refractivity contribution < 1.29 is 13.2 Å². The van der Waals surface area contributed by atoms with Gasteiger partial charge in [-0.25, -0.2) is 9.97 Å². The van der Waals surface area contributed by atoms with Crippen LogP contribution >= 0.6 is 11.8 Å². The van der Waals surface area contributed by atoms with E-state index in [1.54, 1.807) is 11.6 Å². The van der Waals surface area contributed by atoms with Crippen LogP contribution in [0.4, 0.5) is 13.2 Å². The van der Waals surface area contributed by atoms with Crippen molar-refractivity contribution in [2.45, 2.75) is 17.8 Å². The number of aromatic nitrogens is 4. The van der Waals surface area contributed by atoms with Crippen molar-refractivity contribution in [3.05, 3.63) is 16.7 Å². The van der Waals surface area contributed by atoms with E-state index < -0.39 is 18.2 Å². The van der Waals surface area contributed by atoms with Crippen molar-refractivity contribution >= 4 is 22.9 Å². The van der Waals surface area contributed by atoms with E-state index in [0.29, 0.717) is 5.65 Å². The van der Waals surface area contributed by atoms with Gasteiger partial charge in [0.05, 0.1) is 12.7 Å². The summed E-state index contributed by atoms with van der Waals surface area (Å²) < 4.78 is 37.5. The second-order valence-electron chi connectivity index (χ2n) is 3.61. The molecule has 0 amide bonds. The molecule has 0 unspecified atom stereocenters. The standard InChI is InChI=1S/C9H9F3N4OS/c1-16-4-13-5-6(16)14-8(15-7(5)17)18-3-2-9(10,11)12/h4H,2-3H2,1H3,(H,14,15,17). The molecular weight excluding hydrogens is 269 g/mol. The van der Waals surface area contributed by atoms with Gasteiger partial charge in [-0.3, -0.25) is 9.78 Å². The van der Waals surface area contributed by atoms with Gasteiger partial charge in [0.2, 0.25) is 0 Å². The Balaban J connectivity index is 2.19. The van der Waals surface area contributed by atoms with Gasteiger partial charge in [0.15, 0.2) is 16.3 Å². The lowest BCUT2D eigenvalue weighted by Gasteiger charge is -2.05. The summed E-state index contributed by atoms with van der Waals surface area (Å²) in [5.74, 6) is -0.185. The first kappa shape index (κ1) is 12.9.